The highest BCUT2D eigenvalue weighted by Gasteiger charge is 2.00. The molecule has 1 atom stereocenters. The van der Waals surface area contributed by atoms with Crippen LogP contribution in [0.4, 0.5) is 0 Å². The normalized spacial score (nSPS) is 13.2. The third kappa shape index (κ3) is 10.1. The molecule has 0 aromatic heterocycles. The fraction of sp³-hybridized carbons (Fsp3) is 1.00. The van der Waals surface area contributed by atoms with Gasteiger partial charge in [0.1, 0.15) is 0 Å². The maximum absolute atomic E-state index is 6.03. The van der Waals surface area contributed by atoms with Gasteiger partial charge in [-0.05, 0) is 25.8 Å². The average Bonchev–Trinajstić information content (AvgIpc) is 2.11. The van der Waals surface area contributed by atoms with E-state index in [1.165, 1.54) is 12.8 Å². The highest BCUT2D eigenvalue weighted by atomic mass is 35.5. The van der Waals surface area contributed by atoms with Crippen LogP contribution in [-0.4, -0.2) is 32.2 Å². The van der Waals surface area contributed by atoms with E-state index in [2.05, 4.69) is 12.2 Å². The molecule has 0 rings (SSSR count). The van der Waals surface area contributed by atoms with E-state index < -0.39 is 0 Å². The first-order chi connectivity index (χ1) is 6.31. The number of ether oxygens (including phenoxy) is 1. The lowest BCUT2D eigenvalue weighted by molar-refractivity contribution is 0.192. The molecule has 1 N–H and O–H groups in total. The summed E-state index contributed by atoms with van der Waals surface area (Å²) < 4.78 is 4.95. The lowest BCUT2D eigenvalue weighted by atomic mass is 10.2. The monoisotopic (exact) mass is 207 g/mol. The van der Waals surface area contributed by atoms with Gasteiger partial charge in [0, 0.05) is 25.6 Å². The zero-order chi connectivity index (χ0) is 9.94. The van der Waals surface area contributed by atoms with Crippen LogP contribution in [0.1, 0.15) is 32.6 Å². The summed E-state index contributed by atoms with van der Waals surface area (Å²) in [7, 11) is 1.74. The Morgan fingerprint density at radius 2 is 2.15 bits per heavy atom. The van der Waals surface area contributed by atoms with Gasteiger partial charge in [0.2, 0.25) is 0 Å². The number of hydrogen-bond acceptors (Lipinski definition) is 2. The Morgan fingerprint density at radius 3 is 2.77 bits per heavy atom. The molecular formula is C10H22ClNO. The first-order valence-corrected chi connectivity index (χ1v) is 5.58. The molecule has 1 unspecified atom stereocenters. The van der Waals surface area contributed by atoms with Crippen LogP contribution in [0.3, 0.4) is 0 Å². The average molecular weight is 208 g/mol. The predicted octanol–water partition coefficient (Wildman–Crippen LogP) is 2.41. The second-order valence-electron chi connectivity index (χ2n) is 3.29. The summed E-state index contributed by atoms with van der Waals surface area (Å²) in [5.74, 6) is 0. The molecule has 0 fully saturated rings. The molecule has 0 heterocycles. The number of nitrogens with one attached hydrogen (secondary N) is 1. The largest absolute Gasteiger partial charge is 0.385 e. The van der Waals surface area contributed by atoms with E-state index >= 15 is 0 Å². The number of rotatable bonds is 9. The highest BCUT2D eigenvalue weighted by Crippen LogP contribution is 2.02. The first kappa shape index (κ1) is 13.2. The lowest BCUT2D eigenvalue weighted by Crippen LogP contribution is -2.24. The van der Waals surface area contributed by atoms with Gasteiger partial charge >= 0.3 is 0 Å². The number of unbranched alkanes of at least 4 members (excludes halogenated alkanes) is 1. The number of alkyl halides is 1. The predicted molar refractivity (Wildman–Crippen MR) is 58.5 cm³/mol. The summed E-state index contributed by atoms with van der Waals surface area (Å²) >= 11 is 6.03. The number of hydrogen-bond donors (Lipinski definition) is 1. The molecule has 3 heteroatoms. The standard InChI is InChI=1S/C10H22ClNO/c1-3-6-10(11)9-12-7-4-5-8-13-2/h10,12H,3-9H2,1-2H3. The van der Waals surface area contributed by atoms with Crippen molar-refractivity contribution in [1.29, 1.82) is 0 Å². The topological polar surface area (TPSA) is 21.3 Å². The Hall–Kier alpha value is 0.210. The zero-order valence-corrected chi connectivity index (χ0v) is 9.57. The highest BCUT2D eigenvalue weighted by molar-refractivity contribution is 6.20. The van der Waals surface area contributed by atoms with E-state index in [-0.39, 0.29) is 0 Å². The molecule has 2 nitrogen and oxygen atoms in total. The van der Waals surface area contributed by atoms with Crippen LogP contribution in [0.25, 0.3) is 0 Å². The van der Waals surface area contributed by atoms with Crippen molar-refractivity contribution >= 4 is 11.6 Å². The van der Waals surface area contributed by atoms with E-state index in [0.29, 0.717) is 5.38 Å². The van der Waals surface area contributed by atoms with Crippen LogP contribution in [0.5, 0.6) is 0 Å². The van der Waals surface area contributed by atoms with E-state index in [1.807, 2.05) is 0 Å². The van der Waals surface area contributed by atoms with Gasteiger partial charge in [-0.2, -0.15) is 0 Å². The third-order valence-corrected chi connectivity index (χ3v) is 2.29. The molecule has 0 aromatic carbocycles. The first-order valence-electron chi connectivity index (χ1n) is 5.15. The van der Waals surface area contributed by atoms with Crippen LogP contribution in [0.2, 0.25) is 0 Å². The van der Waals surface area contributed by atoms with Gasteiger partial charge in [-0.25, -0.2) is 0 Å². The summed E-state index contributed by atoms with van der Waals surface area (Å²) in [5, 5.41) is 3.64. The molecule has 0 radical (unpaired) electrons. The minimum Gasteiger partial charge on any atom is -0.385 e. The van der Waals surface area contributed by atoms with Gasteiger partial charge in [0.05, 0.1) is 0 Å². The Morgan fingerprint density at radius 1 is 1.38 bits per heavy atom. The minimum absolute atomic E-state index is 0.299. The molecule has 0 aliphatic rings. The van der Waals surface area contributed by atoms with Crippen LogP contribution in [0.15, 0.2) is 0 Å². The second kappa shape index (κ2) is 10.3. The van der Waals surface area contributed by atoms with Crippen molar-refractivity contribution in [3.8, 4) is 0 Å². The molecular weight excluding hydrogens is 186 g/mol. The smallest absolute Gasteiger partial charge is 0.0462 e. The number of halogens is 1. The SMILES string of the molecule is CCCC(Cl)CNCCCCOC. The van der Waals surface area contributed by atoms with Gasteiger partial charge in [0.15, 0.2) is 0 Å². The fourth-order valence-electron chi connectivity index (χ4n) is 1.17. The van der Waals surface area contributed by atoms with E-state index in [0.717, 1.165) is 32.5 Å². The van der Waals surface area contributed by atoms with Gasteiger partial charge in [0.25, 0.3) is 0 Å². The summed E-state index contributed by atoms with van der Waals surface area (Å²) in [6, 6.07) is 0. The Labute approximate surface area is 87.0 Å². The van der Waals surface area contributed by atoms with Crippen LogP contribution in [-0.2, 0) is 4.74 Å². The molecule has 0 bridgehead atoms. The fourth-order valence-corrected chi connectivity index (χ4v) is 1.50. The summed E-state index contributed by atoms with van der Waals surface area (Å²) in [6.45, 7) is 5.01. The Balaban J connectivity index is 2.97. The summed E-state index contributed by atoms with van der Waals surface area (Å²) in [5.41, 5.74) is 0. The van der Waals surface area contributed by atoms with Crippen molar-refractivity contribution in [1.82, 2.24) is 5.32 Å². The van der Waals surface area contributed by atoms with E-state index in [4.69, 9.17) is 16.3 Å². The van der Waals surface area contributed by atoms with E-state index in [1.54, 1.807) is 7.11 Å². The minimum atomic E-state index is 0.299. The molecule has 0 saturated heterocycles. The molecule has 0 aliphatic heterocycles. The molecule has 80 valence electrons. The third-order valence-electron chi connectivity index (χ3n) is 1.92. The van der Waals surface area contributed by atoms with Crippen LogP contribution >= 0.6 is 11.6 Å². The second-order valence-corrected chi connectivity index (χ2v) is 3.91. The van der Waals surface area contributed by atoms with Gasteiger partial charge in [-0.1, -0.05) is 13.3 Å². The van der Waals surface area contributed by atoms with Crippen LogP contribution < -0.4 is 5.32 Å². The molecule has 0 aromatic rings. The maximum atomic E-state index is 6.03. The van der Waals surface area contributed by atoms with E-state index in [9.17, 15) is 0 Å². The van der Waals surface area contributed by atoms with Crippen molar-refractivity contribution in [2.24, 2.45) is 0 Å². The molecule has 0 aliphatic carbocycles. The molecule has 0 spiro atoms. The Kier molecular flexibility index (Phi) is 10.5. The van der Waals surface area contributed by atoms with Gasteiger partial charge < -0.3 is 10.1 Å². The summed E-state index contributed by atoms with van der Waals surface area (Å²) in [4.78, 5) is 0. The van der Waals surface area contributed by atoms with Crippen molar-refractivity contribution in [2.45, 2.75) is 38.0 Å². The molecule has 0 saturated carbocycles. The summed E-state index contributed by atoms with van der Waals surface area (Å²) in [6.07, 6.45) is 4.57. The van der Waals surface area contributed by atoms with Gasteiger partial charge in [-0.3, -0.25) is 0 Å². The maximum Gasteiger partial charge on any atom is 0.0462 e. The van der Waals surface area contributed by atoms with Crippen LogP contribution in [0, 0.1) is 0 Å². The Bertz CT molecular complexity index is 101. The van der Waals surface area contributed by atoms with Crippen molar-refractivity contribution in [3.63, 3.8) is 0 Å². The molecule has 13 heavy (non-hydrogen) atoms. The van der Waals surface area contributed by atoms with Crippen molar-refractivity contribution in [2.75, 3.05) is 26.8 Å². The van der Waals surface area contributed by atoms with Crippen molar-refractivity contribution < 1.29 is 4.74 Å². The quantitative estimate of drug-likeness (QED) is 0.463. The lowest BCUT2D eigenvalue weighted by Gasteiger charge is -2.09. The molecule has 0 amide bonds. The van der Waals surface area contributed by atoms with Gasteiger partial charge in [-0.15, -0.1) is 11.6 Å². The zero-order valence-electron chi connectivity index (χ0n) is 8.81. The number of methoxy groups -OCH3 is 1. The van der Waals surface area contributed by atoms with Crippen molar-refractivity contribution in [3.05, 3.63) is 0 Å².